The minimum absolute atomic E-state index is 0.0618. The maximum atomic E-state index is 13.5. The zero-order chi connectivity index (χ0) is 17.0. The van der Waals surface area contributed by atoms with Crippen LogP contribution in [0, 0.1) is 11.7 Å². The maximum Gasteiger partial charge on any atom is 0.254 e. The molecular weight excluding hydrogens is 295 g/mol. The molecule has 0 saturated carbocycles. The van der Waals surface area contributed by atoms with E-state index in [2.05, 4.69) is 4.98 Å². The molecule has 1 unspecified atom stereocenters. The van der Waals surface area contributed by atoms with Gasteiger partial charge in [-0.2, -0.15) is 0 Å². The Bertz CT molecular complexity index is 674. The number of rotatable bonds is 5. The minimum Gasteiger partial charge on any atom is -0.494 e. The second-order valence-electron chi connectivity index (χ2n) is 5.74. The first-order chi connectivity index (χ1) is 11.0. The van der Waals surface area contributed by atoms with E-state index in [1.165, 1.54) is 25.3 Å². The van der Waals surface area contributed by atoms with E-state index in [0.29, 0.717) is 5.56 Å². The van der Waals surface area contributed by atoms with E-state index in [1.54, 1.807) is 24.3 Å². The average molecular weight is 316 g/mol. The van der Waals surface area contributed by atoms with Crippen molar-refractivity contribution in [3.05, 3.63) is 59.7 Å². The molecule has 5 heteroatoms. The number of ether oxygens (including phenoxy) is 1. The molecule has 0 aliphatic rings. The van der Waals surface area contributed by atoms with E-state index in [4.69, 9.17) is 4.74 Å². The smallest absolute Gasteiger partial charge is 0.254 e. The van der Waals surface area contributed by atoms with Gasteiger partial charge in [-0.05, 0) is 35.7 Å². The van der Waals surface area contributed by atoms with Gasteiger partial charge in [-0.15, -0.1) is 0 Å². The molecule has 23 heavy (non-hydrogen) atoms. The number of halogens is 1. The van der Waals surface area contributed by atoms with Crippen LogP contribution >= 0.6 is 0 Å². The Hall–Kier alpha value is -2.43. The number of amides is 1. The maximum absolute atomic E-state index is 13.5. The van der Waals surface area contributed by atoms with Gasteiger partial charge in [-0.25, -0.2) is 4.39 Å². The van der Waals surface area contributed by atoms with Gasteiger partial charge in [0.1, 0.15) is 0 Å². The quantitative estimate of drug-likeness (QED) is 0.844. The van der Waals surface area contributed by atoms with Crippen molar-refractivity contribution in [3.8, 4) is 5.75 Å². The highest BCUT2D eigenvalue weighted by Gasteiger charge is 2.26. The molecule has 2 aromatic rings. The summed E-state index contributed by atoms with van der Waals surface area (Å²) in [6.07, 6.45) is 3.47. The highest BCUT2D eigenvalue weighted by atomic mass is 19.1. The Balaban J connectivity index is 2.33. The third-order valence-corrected chi connectivity index (χ3v) is 3.79. The zero-order valence-corrected chi connectivity index (χ0v) is 13.8. The molecule has 2 rings (SSSR count). The lowest BCUT2D eigenvalue weighted by atomic mass is 9.95. The number of carbonyl (C=O) groups is 1. The highest BCUT2D eigenvalue weighted by molar-refractivity contribution is 5.94. The van der Waals surface area contributed by atoms with Crippen molar-refractivity contribution < 1.29 is 13.9 Å². The van der Waals surface area contributed by atoms with Gasteiger partial charge in [0, 0.05) is 25.0 Å². The minimum atomic E-state index is -0.487. The van der Waals surface area contributed by atoms with Crippen LogP contribution in [0.25, 0.3) is 0 Å². The average Bonchev–Trinajstić information content (AvgIpc) is 2.55. The standard InChI is InChI=1S/C18H21FN2O2/c1-12(2)17(14-6-5-9-20-11-14)21(3)18(22)13-7-8-15(19)16(10-13)23-4/h5-12,17H,1-4H3. The molecule has 4 nitrogen and oxygen atoms in total. The second-order valence-corrected chi connectivity index (χ2v) is 5.74. The molecule has 1 amide bonds. The number of hydrogen-bond donors (Lipinski definition) is 0. The summed E-state index contributed by atoms with van der Waals surface area (Å²) < 4.78 is 18.5. The molecular formula is C18H21FN2O2. The first-order valence-corrected chi connectivity index (χ1v) is 7.46. The molecule has 0 N–H and O–H groups in total. The van der Waals surface area contributed by atoms with Crippen LogP contribution in [-0.4, -0.2) is 29.9 Å². The Morgan fingerprint density at radius 3 is 2.61 bits per heavy atom. The van der Waals surface area contributed by atoms with Gasteiger partial charge in [0.05, 0.1) is 13.2 Å². The normalized spacial score (nSPS) is 12.1. The topological polar surface area (TPSA) is 42.4 Å². The summed E-state index contributed by atoms with van der Waals surface area (Å²) in [4.78, 5) is 18.6. The lowest BCUT2D eigenvalue weighted by Gasteiger charge is -2.31. The summed E-state index contributed by atoms with van der Waals surface area (Å²) in [6.45, 7) is 4.10. The van der Waals surface area contributed by atoms with Crippen LogP contribution in [0.2, 0.25) is 0 Å². The molecule has 1 aromatic carbocycles. The van der Waals surface area contributed by atoms with Crippen LogP contribution < -0.4 is 4.74 Å². The number of hydrogen-bond acceptors (Lipinski definition) is 3. The number of carbonyl (C=O) groups excluding carboxylic acids is 1. The van der Waals surface area contributed by atoms with E-state index >= 15 is 0 Å². The van der Waals surface area contributed by atoms with E-state index < -0.39 is 5.82 Å². The van der Waals surface area contributed by atoms with Crippen LogP contribution in [0.1, 0.15) is 35.8 Å². The van der Waals surface area contributed by atoms with E-state index in [9.17, 15) is 9.18 Å². The number of methoxy groups -OCH3 is 1. The van der Waals surface area contributed by atoms with Gasteiger partial charge >= 0.3 is 0 Å². The molecule has 0 spiro atoms. The largest absolute Gasteiger partial charge is 0.494 e. The molecule has 0 fully saturated rings. The highest BCUT2D eigenvalue weighted by Crippen LogP contribution is 2.29. The van der Waals surface area contributed by atoms with Crippen molar-refractivity contribution >= 4 is 5.91 Å². The monoisotopic (exact) mass is 316 g/mol. The Labute approximate surface area is 135 Å². The van der Waals surface area contributed by atoms with E-state index in [-0.39, 0.29) is 23.6 Å². The summed E-state index contributed by atoms with van der Waals surface area (Å²) in [7, 11) is 3.12. The summed E-state index contributed by atoms with van der Waals surface area (Å²) in [6, 6.07) is 7.82. The molecule has 1 atom stereocenters. The fourth-order valence-corrected chi connectivity index (χ4v) is 2.73. The molecule has 0 aliphatic heterocycles. The SMILES string of the molecule is COc1cc(C(=O)N(C)C(c2cccnc2)C(C)C)ccc1F. The van der Waals surface area contributed by atoms with E-state index in [0.717, 1.165) is 5.56 Å². The summed E-state index contributed by atoms with van der Waals surface area (Å²) in [5.74, 6) is -0.410. The molecule has 0 saturated heterocycles. The fourth-order valence-electron chi connectivity index (χ4n) is 2.73. The number of pyridine rings is 1. The zero-order valence-electron chi connectivity index (χ0n) is 13.8. The van der Waals surface area contributed by atoms with Gasteiger partial charge in [0.25, 0.3) is 5.91 Å². The molecule has 0 bridgehead atoms. The second kappa shape index (κ2) is 7.22. The van der Waals surface area contributed by atoms with Gasteiger partial charge in [-0.3, -0.25) is 9.78 Å². The first-order valence-electron chi connectivity index (χ1n) is 7.46. The van der Waals surface area contributed by atoms with Crippen LogP contribution in [0.15, 0.2) is 42.7 Å². The predicted molar refractivity (Wildman–Crippen MR) is 86.9 cm³/mol. The van der Waals surface area contributed by atoms with Crippen LogP contribution in [-0.2, 0) is 0 Å². The summed E-state index contributed by atoms with van der Waals surface area (Å²) in [5.41, 5.74) is 1.35. The van der Waals surface area contributed by atoms with Crippen molar-refractivity contribution in [2.24, 2.45) is 5.92 Å². The van der Waals surface area contributed by atoms with Crippen LogP contribution in [0.5, 0.6) is 5.75 Å². The third-order valence-electron chi connectivity index (χ3n) is 3.79. The van der Waals surface area contributed by atoms with Gasteiger partial charge in [0.15, 0.2) is 11.6 Å². The molecule has 0 radical (unpaired) electrons. The fraction of sp³-hybridized carbons (Fsp3) is 0.333. The van der Waals surface area contributed by atoms with Crippen LogP contribution in [0.4, 0.5) is 4.39 Å². The molecule has 1 aromatic heterocycles. The predicted octanol–water partition coefficient (Wildman–Crippen LogP) is 3.70. The van der Waals surface area contributed by atoms with Crippen molar-refractivity contribution in [2.45, 2.75) is 19.9 Å². The number of nitrogens with zero attached hydrogens (tertiary/aromatic N) is 2. The van der Waals surface area contributed by atoms with Crippen molar-refractivity contribution in [1.29, 1.82) is 0 Å². The number of benzene rings is 1. The first kappa shape index (κ1) is 16.9. The van der Waals surface area contributed by atoms with Crippen molar-refractivity contribution in [1.82, 2.24) is 9.88 Å². The van der Waals surface area contributed by atoms with Crippen molar-refractivity contribution in [2.75, 3.05) is 14.2 Å². The Kier molecular flexibility index (Phi) is 5.32. The lowest BCUT2D eigenvalue weighted by molar-refractivity contribution is 0.0686. The summed E-state index contributed by atoms with van der Waals surface area (Å²) >= 11 is 0. The van der Waals surface area contributed by atoms with E-state index in [1.807, 2.05) is 26.0 Å². The molecule has 0 aliphatic carbocycles. The lowest BCUT2D eigenvalue weighted by Crippen LogP contribution is -2.34. The number of aromatic nitrogens is 1. The van der Waals surface area contributed by atoms with Crippen molar-refractivity contribution in [3.63, 3.8) is 0 Å². The third kappa shape index (κ3) is 3.67. The molecule has 1 heterocycles. The summed E-state index contributed by atoms with van der Waals surface area (Å²) in [5, 5.41) is 0. The van der Waals surface area contributed by atoms with Gasteiger partial charge in [-0.1, -0.05) is 19.9 Å². The Morgan fingerprint density at radius 1 is 1.30 bits per heavy atom. The Morgan fingerprint density at radius 2 is 2.04 bits per heavy atom. The van der Waals surface area contributed by atoms with Crippen LogP contribution in [0.3, 0.4) is 0 Å². The van der Waals surface area contributed by atoms with Gasteiger partial charge in [0.2, 0.25) is 0 Å². The van der Waals surface area contributed by atoms with Gasteiger partial charge < -0.3 is 9.64 Å². The molecule has 122 valence electrons.